The largest absolute Gasteiger partial charge is 0.394 e. The summed E-state index contributed by atoms with van der Waals surface area (Å²) >= 11 is 0. The second kappa shape index (κ2) is 8.89. The number of aliphatic hydroxyl groups excluding tert-OH is 4. The lowest BCUT2D eigenvalue weighted by molar-refractivity contribution is -0.299. The van der Waals surface area contributed by atoms with Crippen LogP contribution >= 0.6 is 0 Å². The summed E-state index contributed by atoms with van der Waals surface area (Å²) in [4.78, 5) is 0. The SMILES string of the molecule is C=CC(C)(O)CC/C=C(\C)CO[C@@H]1O[C@H](CO)[C@@H](O)[C@H](O)[C@H]1O. The molecule has 23 heavy (non-hydrogen) atoms. The first kappa shape index (κ1) is 20.2. The van der Waals surface area contributed by atoms with Gasteiger partial charge in [0.1, 0.15) is 24.4 Å². The molecule has 0 aromatic heterocycles. The standard InChI is InChI=1S/C16H28O7/c1-4-16(3,21)7-5-6-10(2)9-22-15-14(20)13(19)12(18)11(8-17)23-15/h4,6,11-15,17-21H,1,5,7-9H2,2-3H3/b10-6+/t11-,12-,13+,14-,15-,16?/m1/s1. The third-order valence-corrected chi connectivity index (χ3v) is 3.91. The smallest absolute Gasteiger partial charge is 0.187 e. The Morgan fingerprint density at radius 2 is 1.91 bits per heavy atom. The number of hydrogen-bond acceptors (Lipinski definition) is 7. The fraction of sp³-hybridized carbons (Fsp3) is 0.750. The molecule has 1 saturated heterocycles. The molecule has 6 atom stereocenters. The van der Waals surface area contributed by atoms with Crippen LogP contribution < -0.4 is 0 Å². The Labute approximate surface area is 136 Å². The zero-order valence-electron chi connectivity index (χ0n) is 13.6. The maximum absolute atomic E-state index is 9.84. The van der Waals surface area contributed by atoms with E-state index in [1.807, 2.05) is 13.0 Å². The van der Waals surface area contributed by atoms with Crippen molar-refractivity contribution in [1.29, 1.82) is 0 Å². The molecule has 0 radical (unpaired) electrons. The molecule has 1 aliphatic rings. The van der Waals surface area contributed by atoms with Gasteiger partial charge in [0, 0.05) is 0 Å². The minimum Gasteiger partial charge on any atom is -0.394 e. The van der Waals surface area contributed by atoms with Gasteiger partial charge in [0.2, 0.25) is 0 Å². The molecule has 1 aliphatic heterocycles. The molecular weight excluding hydrogens is 304 g/mol. The first-order valence-electron chi connectivity index (χ1n) is 7.65. The van der Waals surface area contributed by atoms with Gasteiger partial charge in [-0.25, -0.2) is 0 Å². The lowest BCUT2D eigenvalue weighted by Crippen LogP contribution is -2.59. The summed E-state index contributed by atoms with van der Waals surface area (Å²) in [5.41, 5.74) is -0.0589. The highest BCUT2D eigenvalue weighted by Crippen LogP contribution is 2.22. The number of aliphatic hydroxyl groups is 5. The summed E-state index contributed by atoms with van der Waals surface area (Å²) in [6, 6.07) is 0. The van der Waals surface area contributed by atoms with Gasteiger partial charge in [-0.3, -0.25) is 0 Å². The van der Waals surface area contributed by atoms with Crippen LogP contribution in [0.4, 0.5) is 0 Å². The van der Waals surface area contributed by atoms with Gasteiger partial charge < -0.3 is 35.0 Å². The number of hydrogen-bond donors (Lipinski definition) is 5. The van der Waals surface area contributed by atoms with E-state index in [1.165, 1.54) is 6.08 Å². The number of ether oxygens (including phenoxy) is 2. The highest BCUT2D eigenvalue weighted by molar-refractivity contribution is 5.01. The summed E-state index contributed by atoms with van der Waals surface area (Å²) in [6.45, 7) is 6.72. The number of allylic oxidation sites excluding steroid dienone is 1. The van der Waals surface area contributed by atoms with Gasteiger partial charge in [-0.05, 0) is 26.7 Å². The van der Waals surface area contributed by atoms with Crippen molar-refractivity contribution in [3.8, 4) is 0 Å². The van der Waals surface area contributed by atoms with Crippen LogP contribution in [-0.2, 0) is 9.47 Å². The van der Waals surface area contributed by atoms with Crippen LogP contribution in [0.5, 0.6) is 0 Å². The highest BCUT2D eigenvalue weighted by atomic mass is 16.7. The average Bonchev–Trinajstić information content (AvgIpc) is 2.52. The van der Waals surface area contributed by atoms with Crippen LogP contribution in [-0.4, -0.2) is 75.1 Å². The van der Waals surface area contributed by atoms with E-state index in [0.29, 0.717) is 12.8 Å². The predicted octanol–water partition coefficient (Wildman–Crippen LogP) is -0.534. The van der Waals surface area contributed by atoms with Crippen molar-refractivity contribution in [3.05, 3.63) is 24.3 Å². The lowest BCUT2D eigenvalue weighted by atomic mass is 9.99. The molecule has 1 unspecified atom stereocenters. The van der Waals surface area contributed by atoms with Gasteiger partial charge in [-0.2, -0.15) is 0 Å². The molecular formula is C16H28O7. The van der Waals surface area contributed by atoms with E-state index in [4.69, 9.17) is 14.6 Å². The van der Waals surface area contributed by atoms with Gasteiger partial charge in [-0.15, -0.1) is 6.58 Å². The topological polar surface area (TPSA) is 120 Å². The van der Waals surface area contributed by atoms with Crippen molar-refractivity contribution in [1.82, 2.24) is 0 Å². The van der Waals surface area contributed by atoms with E-state index >= 15 is 0 Å². The Bertz CT molecular complexity index is 405. The van der Waals surface area contributed by atoms with E-state index in [1.54, 1.807) is 6.92 Å². The van der Waals surface area contributed by atoms with Crippen molar-refractivity contribution in [2.45, 2.75) is 63.0 Å². The summed E-state index contributed by atoms with van der Waals surface area (Å²) in [7, 11) is 0. The maximum atomic E-state index is 9.84. The van der Waals surface area contributed by atoms with Crippen LogP contribution in [0.3, 0.4) is 0 Å². The lowest BCUT2D eigenvalue weighted by Gasteiger charge is -2.39. The van der Waals surface area contributed by atoms with Crippen LogP contribution in [0.15, 0.2) is 24.3 Å². The van der Waals surface area contributed by atoms with E-state index in [-0.39, 0.29) is 6.61 Å². The Balaban J connectivity index is 2.48. The highest BCUT2D eigenvalue weighted by Gasteiger charge is 2.43. The van der Waals surface area contributed by atoms with E-state index in [0.717, 1.165) is 5.57 Å². The van der Waals surface area contributed by atoms with Gasteiger partial charge in [0.15, 0.2) is 6.29 Å². The quantitative estimate of drug-likeness (QED) is 0.379. The summed E-state index contributed by atoms with van der Waals surface area (Å²) in [5.74, 6) is 0. The Hall–Kier alpha value is -0.800. The van der Waals surface area contributed by atoms with Crippen LogP contribution in [0.25, 0.3) is 0 Å². The average molecular weight is 332 g/mol. The fourth-order valence-electron chi connectivity index (χ4n) is 2.19. The second-order valence-corrected chi connectivity index (χ2v) is 6.16. The molecule has 0 amide bonds. The summed E-state index contributed by atoms with van der Waals surface area (Å²) in [5, 5.41) is 48.1. The van der Waals surface area contributed by atoms with Crippen molar-refractivity contribution in [2.75, 3.05) is 13.2 Å². The minimum atomic E-state index is -1.45. The monoisotopic (exact) mass is 332 g/mol. The molecule has 1 fully saturated rings. The Morgan fingerprint density at radius 3 is 2.48 bits per heavy atom. The van der Waals surface area contributed by atoms with E-state index in [2.05, 4.69) is 6.58 Å². The molecule has 1 heterocycles. The molecule has 7 nitrogen and oxygen atoms in total. The zero-order valence-corrected chi connectivity index (χ0v) is 13.6. The van der Waals surface area contributed by atoms with Crippen molar-refractivity contribution >= 4 is 0 Å². The summed E-state index contributed by atoms with van der Waals surface area (Å²) < 4.78 is 10.7. The second-order valence-electron chi connectivity index (χ2n) is 6.16. The normalized spacial score (nSPS) is 34.9. The molecule has 0 saturated carbocycles. The molecule has 5 N–H and O–H groups in total. The van der Waals surface area contributed by atoms with Gasteiger partial charge >= 0.3 is 0 Å². The van der Waals surface area contributed by atoms with Crippen LogP contribution in [0.2, 0.25) is 0 Å². The van der Waals surface area contributed by atoms with Crippen LogP contribution in [0.1, 0.15) is 26.7 Å². The molecule has 0 aromatic rings. The van der Waals surface area contributed by atoms with Gasteiger partial charge in [0.25, 0.3) is 0 Å². The Kier molecular flexibility index (Phi) is 7.82. The van der Waals surface area contributed by atoms with Gasteiger partial charge in [0.05, 0.1) is 18.8 Å². The Morgan fingerprint density at radius 1 is 1.26 bits per heavy atom. The first-order chi connectivity index (χ1) is 10.7. The maximum Gasteiger partial charge on any atom is 0.187 e. The van der Waals surface area contributed by atoms with Crippen molar-refractivity contribution < 1.29 is 35.0 Å². The van der Waals surface area contributed by atoms with Crippen molar-refractivity contribution in [3.63, 3.8) is 0 Å². The van der Waals surface area contributed by atoms with Crippen molar-refractivity contribution in [2.24, 2.45) is 0 Å². The third-order valence-electron chi connectivity index (χ3n) is 3.91. The molecule has 134 valence electrons. The molecule has 0 bridgehead atoms. The van der Waals surface area contributed by atoms with Crippen LogP contribution in [0, 0.1) is 0 Å². The summed E-state index contributed by atoms with van der Waals surface area (Å²) in [6.07, 6.45) is -1.83. The van der Waals surface area contributed by atoms with E-state index in [9.17, 15) is 20.4 Å². The van der Waals surface area contributed by atoms with E-state index < -0.39 is 42.9 Å². The fourth-order valence-corrected chi connectivity index (χ4v) is 2.19. The molecule has 0 spiro atoms. The predicted molar refractivity (Wildman–Crippen MR) is 83.5 cm³/mol. The zero-order chi connectivity index (χ0) is 17.6. The van der Waals surface area contributed by atoms with Gasteiger partial charge in [-0.1, -0.05) is 17.7 Å². The first-order valence-corrected chi connectivity index (χ1v) is 7.65. The molecule has 7 heteroatoms. The molecule has 0 aromatic carbocycles. The minimum absolute atomic E-state index is 0.152. The molecule has 0 aliphatic carbocycles. The number of rotatable bonds is 8. The molecule has 1 rings (SSSR count). The third kappa shape index (κ3) is 5.96.